The highest BCUT2D eigenvalue weighted by molar-refractivity contribution is 5.95. The van der Waals surface area contributed by atoms with Crippen molar-refractivity contribution in [1.82, 2.24) is 0 Å². The largest absolute Gasteiger partial charge is 0.462 e. The van der Waals surface area contributed by atoms with Crippen LogP contribution in [0.15, 0.2) is 125 Å². The van der Waals surface area contributed by atoms with Crippen molar-refractivity contribution >= 4 is 47.7 Å². The van der Waals surface area contributed by atoms with E-state index in [9.17, 15) is 24.4 Å². The maximum Gasteiger partial charge on any atom is 0.343 e. The second-order valence-electron chi connectivity index (χ2n) is 13.8. The van der Waals surface area contributed by atoms with Crippen molar-refractivity contribution in [2.45, 2.75) is 65.2 Å². The average molecular weight is 806 g/mol. The first-order chi connectivity index (χ1) is 29.3. The summed E-state index contributed by atoms with van der Waals surface area (Å²) in [5, 5.41) is 9.94. The second kappa shape index (κ2) is 23.3. The number of hydrogen-bond acceptors (Lipinski definition) is 11. The smallest absolute Gasteiger partial charge is 0.343 e. The van der Waals surface area contributed by atoms with E-state index in [1.54, 1.807) is 109 Å². The Bertz CT molecular complexity index is 2150. The van der Waals surface area contributed by atoms with E-state index in [2.05, 4.69) is 23.8 Å². The number of carbonyl (C=O) groups is 4. The molecule has 11 heteroatoms. The summed E-state index contributed by atoms with van der Waals surface area (Å²) in [6.45, 7) is 5.06. The molecule has 0 saturated heterocycles. The molecule has 60 heavy (non-hydrogen) atoms. The predicted octanol–water partition coefficient (Wildman–Crippen LogP) is 11.0. The summed E-state index contributed by atoms with van der Waals surface area (Å²) in [6, 6.07) is 33.0. The van der Waals surface area contributed by atoms with Gasteiger partial charge in [0.2, 0.25) is 0 Å². The van der Waals surface area contributed by atoms with Crippen molar-refractivity contribution in [1.29, 1.82) is 5.26 Å². The van der Waals surface area contributed by atoms with E-state index >= 15 is 0 Å². The maximum absolute atomic E-state index is 13.1. The summed E-state index contributed by atoms with van der Waals surface area (Å²) in [5.41, 5.74) is 3.95. The minimum atomic E-state index is -0.713. The summed E-state index contributed by atoms with van der Waals surface area (Å²) in [7, 11) is 0. The van der Waals surface area contributed by atoms with E-state index < -0.39 is 11.9 Å². The highest BCUT2D eigenvalue weighted by Gasteiger charge is 2.19. The molecule has 0 amide bonds. The number of ether oxygens (including phenoxy) is 4. The third kappa shape index (κ3) is 13.5. The zero-order valence-corrected chi connectivity index (χ0v) is 33.8. The van der Waals surface area contributed by atoms with Crippen LogP contribution in [0.5, 0.6) is 11.5 Å². The van der Waals surface area contributed by atoms with Crippen molar-refractivity contribution in [3.05, 3.63) is 154 Å². The summed E-state index contributed by atoms with van der Waals surface area (Å²) < 4.78 is 21.8. The van der Waals surface area contributed by atoms with Gasteiger partial charge in [0.25, 0.3) is 0 Å². The molecule has 0 bridgehead atoms. The molecule has 0 aromatic heterocycles. The van der Waals surface area contributed by atoms with E-state index in [4.69, 9.17) is 18.9 Å². The SMILES string of the molecule is CCCCCCOC(=O)c1ccc(N=Cc2ccc(C(=O)Oc3cccc(OC(=O)c4ccc(C=Nc5ccc(C(=O)OCCCCCC)cc5)cc4)c3C#N)cc2)cc1. The quantitative estimate of drug-likeness (QED) is 0.0323. The highest BCUT2D eigenvalue weighted by Crippen LogP contribution is 2.29. The Hall–Kier alpha value is -7.19. The summed E-state index contributed by atoms with van der Waals surface area (Å²) >= 11 is 0. The Morgan fingerprint density at radius 1 is 0.500 bits per heavy atom. The van der Waals surface area contributed by atoms with Gasteiger partial charge in [-0.05, 0) is 109 Å². The Morgan fingerprint density at radius 2 is 0.867 bits per heavy atom. The van der Waals surface area contributed by atoms with Gasteiger partial charge in [-0.1, -0.05) is 82.7 Å². The molecule has 306 valence electrons. The Morgan fingerprint density at radius 3 is 1.23 bits per heavy atom. The zero-order chi connectivity index (χ0) is 42.5. The predicted molar refractivity (Wildman–Crippen MR) is 230 cm³/mol. The lowest BCUT2D eigenvalue weighted by Gasteiger charge is -2.10. The molecule has 0 aliphatic carbocycles. The number of aliphatic imine (C=N–C) groups is 2. The van der Waals surface area contributed by atoms with Crippen LogP contribution in [0.2, 0.25) is 0 Å². The van der Waals surface area contributed by atoms with Crippen LogP contribution in [0, 0.1) is 11.3 Å². The fourth-order valence-electron chi connectivity index (χ4n) is 5.74. The average Bonchev–Trinajstić information content (AvgIpc) is 3.28. The van der Waals surface area contributed by atoms with Crippen molar-refractivity contribution in [3.8, 4) is 17.6 Å². The molecule has 5 aromatic rings. The van der Waals surface area contributed by atoms with Crippen LogP contribution in [0.1, 0.15) is 123 Å². The van der Waals surface area contributed by atoms with Crippen LogP contribution in [0.4, 0.5) is 11.4 Å². The van der Waals surface area contributed by atoms with Gasteiger partial charge >= 0.3 is 23.9 Å². The van der Waals surface area contributed by atoms with Crippen LogP contribution in [0.3, 0.4) is 0 Å². The third-order valence-electron chi connectivity index (χ3n) is 9.19. The lowest BCUT2D eigenvalue weighted by molar-refractivity contribution is 0.0488. The molecule has 5 rings (SSSR count). The number of esters is 4. The Kier molecular flexibility index (Phi) is 17.0. The summed E-state index contributed by atoms with van der Waals surface area (Å²) in [5.74, 6) is -2.29. The van der Waals surface area contributed by atoms with Crippen molar-refractivity contribution in [3.63, 3.8) is 0 Å². The minimum absolute atomic E-state index is 0.0684. The third-order valence-corrected chi connectivity index (χ3v) is 9.19. The van der Waals surface area contributed by atoms with Crippen molar-refractivity contribution < 1.29 is 38.1 Å². The number of nitriles is 1. The Balaban J connectivity index is 1.12. The molecular weight excluding hydrogens is 759 g/mol. The van der Waals surface area contributed by atoms with Gasteiger partial charge in [0.05, 0.1) is 46.8 Å². The molecule has 11 nitrogen and oxygen atoms in total. The molecule has 0 unspecified atom stereocenters. The molecule has 0 fully saturated rings. The molecule has 0 radical (unpaired) electrons. The fourth-order valence-corrected chi connectivity index (χ4v) is 5.74. The molecule has 0 heterocycles. The van der Waals surface area contributed by atoms with E-state index in [-0.39, 0.29) is 40.1 Å². The zero-order valence-electron chi connectivity index (χ0n) is 33.8. The van der Waals surface area contributed by atoms with E-state index in [0.29, 0.717) is 46.8 Å². The maximum atomic E-state index is 13.1. The van der Waals surface area contributed by atoms with E-state index in [1.807, 2.05) is 6.07 Å². The molecule has 5 aromatic carbocycles. The minimum Gasteiger partial charge on any atom is -0.462 e. The Labute approximate surface area is 350 Å². The fraction of sp³-hybridized carbons (Fsp3) is 0.245. The van der Waals surface area contributed by atoms with Gasteiger partial charge in [-0.15, -0.1) is 0 Å². The monoisotopic (exact) mass is 805 g/mol. The first-order valence-electron chi connectivity index (χ1n) is 20.1. The molecule has 0 spiro atoms. The lowest BCUT2D eigenvalue weighted by atomic mass is 10.1. The molecule has 0 saturated carbocycles. The van der Waals surface area contributed by atoms with Crippen LogP contribution >= 0.6 is 0 Å². The number of rotatable bonds is 20. The van der Waals surface area contributed by atoms with Crippen LogP contribution < -0.4 is 9.47 Å². The van der Waals surface area contributed by atoms with E-state index in [1.165, 1.54) is 18.2 Å². The van der Waals surface area contributed by atoms with Gasteiger partial charge in [-0.3, -0.25) is 9.98 Å². The standard InChI is InChI=1S/C49H47N3O8/c1-3-5-7-9-30-57-46(53)37-22-26-41(27-23-37)51-33-35-14-18-39(19-15-35)48(55)59-44-12-11-13-45(43(44)32-50)60-49(56)40-20-16-36(17-21-40)34-52-42-28-24-38(25-29-42)47(54)58-31-10-8-6-4-2/h11-29,33-34H,3-10,30-31H2,1-2H3. The van der Waals surface area contributed by atoms with Gasteiger partial charge < -0.3 is 18.9 Å². The normalized spacial score (nSPS) is 10.9. The van der Waals surface area contributed by atoms with E-state index in [0.717, 1.165) is 51.4 Å². The molecule has 0 atom stereocenters. The first kappa shape index (κ1) is 43.9. The van der Waals surface area contributed by atoms with Gasteiger partial charge in [0, 0.05) is 12.4 Å². The lowest BCUT2D eigenvalue weighted by Crippen LogP contribution is -2.12. The highest BCUT2D eigenvalue weighted by atomic mass is 16.6. The topological polar surface area (TPSA) is 154 Å². The van der Waals surface area contributed by atoms with Crippen molar-refractivity contribution in [2.75, 3.05) is 13.2 Å². The van der Waals surface area contributed by atoms with Gasteiger partial charge in [-0.2, -0.15) is 5.26 Å². The number of benzene rings is 5. The van der Waals surface area contributed by atoms with Crippen LogP contribution in [-0.4, -0.2) is 49.5 Å². The number of unbranched alkanes of at least 4 members (excludes halogenated alkanes) is 6. The van der Waals surface area contributed by atoms with Crippen LogP contribution in [0.25, 0.3) is 0 Å². The van der Waals surface area contributed by atoms with Gasteiger partial charge in [0.15, 0.2) is 11.5 Å². The molecule has 0 aliphatic rings. The molecular formula is C49H47N3O8. The number of nitrogens with zero attached hydrogens (tertiary/aromatic N) is 3. The summed E-state index contributed by atoms with van der Waals surface area (Å²) in [6.07, 6.45) is 11.5. The molecule has 0 aliphatic heterocycles. The first-order valence-corrected chi connectivity index (χ1v) is 20.1. The number of hydrogen-bond donors (Lipinski definition) is 0. The number of carbonyl (C=O) groups excluding carboxylic acids is 4. The van der Waals surface area contributed by atoms with Gasteiger partial charge in [-0.25, -0.2) is 19.2 Å². The molecule has 0 N–H and O–H groups in total. The van der Waals surface area contributed by atoms with Gasteiger partial charge in [0.1, 0.15) is 11.6 Å². The summed E-state index contributed by atoms with van der Waals surface area (Å²) in [4.78, 5) is 59.6. The van der Waals surface area contributed by atoms with Crippen molar-refractivity contribution in [2.24, 2.45) is 9.98 Å². The second-order valence-corrected chi connectivity index (χ2v) is 13.8. The van der Waals surface area contributed by atoms with Crippen LogP contribution in [-0.2, 0) is 9.47 Å².